The number of aliphatic hydroxyl groups is 2. The van der Waals surface area contributed by atoms with E-state index in [9.17, 15) is 10.2 Å². The largest absolute Gasteiger partial charge is 0.491 e. The molecule has 4 aromatic heterocycles. The Morgan fingerprint density at radius 3 is 2.93 bits per heavy atom. The van der Waals surface area contributed by atoms with Crippen molar-refractivity contribution in [1.29, 1.82) is 0 Å². The second-order valence-electron chi connectivity index (χ2n) is 7.71. The second kappa shape index (κ2) is 6.66. The van der Waals surface area contributed by atoms with E-state index in [1.807, 2.05) is 29.7 Å². The third kappa shape index (κ3) is 2.80. The summed E-state index contributed by atoms with van der Waals surface area (Å²) >= 11 is 0. The van der Waals surface area contributed by atoms with E-state index in [1.54, 1.807) is 23.0 Å². The maximum absolute atomic E-state index is 10.9. The summed E-state index contributed by atoms with van der Waals surface area (Å²) in [6.07, 6.45) is 3.89. The molecule has 5 rings (SSSR count). The summed E-state index contributed by atoms with van der Waals surface area (Å²) in [5, 5.41) is 22.4. The fraction of sp³-hybridized carbons (Fsp3) is 0.350. The van der Waals surface area contributed by atoms with Gasteiger partial charge in [0.05, 0.1) is 5.39 Å². The van der Waals surface area contributed by atoms with Crippen molar-refractivity contribution in [2.75, 3.05) is 12.3 Å². The number of aromatic nitrogens is 5. The molecular formula is C20H22N6O4. The van der Waals surface area contributed by atoms with Gasteiger partial charge in [0.2, 0.25) is 0 Å². The van der Waals surface area contributed by atoms with Crippen molar-refractivity contribution in [3.8, 4) is 5.75 Å². The molecule has 0 radical (unpaired) electrons. The summed E-state index contributed by atoms with van der Waals surface area (Å²) in [6, 6.07) is 5.38. The van der Waals surface area contributed by atoms with Crippen LogP contribution in [0.15, 0.2) is 43.1 Å². The lowest BCUT2D eigenvalue weighted by Crippen LogP contribution is -2.47. The summed E-state index contributed by atoms with van der Waals surface area (Å²) in [7, 11) is 0. The van der Waals surface area contributed by atoms with Crippen LogP contribution < -0.4 is 10.5 Å². The zero-order chi connectivity index (χ0) is 21.0. The summed E-state index contributed by atoms with van der Waals surface area (Å²) in [5.41, 5.74) is 6.66. The van der Waals surface area contributed by atoms with E-state index in [2.05, 4.69) is 15.0 Å². The Morgan fingerprint density at radius 1 is 1.27 bits per heavy atom. The monoisotopic (exact) mass is 410 g/mol. The maximum atomic E-state index is 10.9. The van der Waals surface area contributed by atoms with Crippen LogP contribution in [-0.2, 0) is 4.74 Å². The average molecular weight is 410 g/mol. The number of hydrogen-bond acceptors (Lipinski definition) is 8. The van der Waals surface area contributed by atoms with Gasteiger partial charge in [-0.05, 0) is 26.0 Å². The van der Waals surface area contributed by atoms with Crippen LogP contribution in [0.1, 0.15) is 18.8 Å². The fourth-order valence-electron chi connectivity index (χ4n) is 3.83. The number of imidazole rings is 1. The predicted molar refractivity (Wildman–Crippen MR) is 108 cm³/mol. The van der Waals surface area contributed by atoms with Gasteiger partial charge in [0.25, 0.3) is 0 Å². The van der Waals surface area contributed by atoms with Gasteiger partial charge in [0.15, 0.2) is 6.23 Å². The molecule has 1 fully saturated rings. The first-order chi connectivity index (χ1) is 14.4. The highest BCUT2D eigenvalue weighted by Gasteiger charge is 2.53. The number of anilines is 1. The summed E-state index contributed by atoms with van der Waals surface area (Å²) in [5.74, 6) is 0.930. The molecule has 30 heavy (non-hydrogen) atoms. The molecule has 4 N–H and O–H groups in total. The Morgan fingerprint density at radius 2 is 2.10 bits per heavy atom. The Hall–Kier alpha value is -3.21. The van der Waals surface area contributed by atoms with E-state index in [-0.39, 0.29) is 6.61 Å². The number of aliphatic hydroxyl groups excluding tert-OH is 1. The molecule has 0 unspecified atom stereocenters. The van der Waals surface area contributed by atoms with Crippen LogP contribution in [0.5, 0.6) is 5.75 Å². The molecule has 4 atom stereocenters. The van der Waals surface area contributed by atoms with Crippen LogP contribution in [0, 0.1) is 6.92 Å². The SMILES string of the molecule is Cc1cnc2cc(OC[C@H]3O[C@@H](n4ccc5c(N)ncnc54)[C@H](O)[C@]3(C)O)ccn12. The molecule has 10 heteroatoms. The van der Waals surface area contributed by atoms with Gasteiger partial charge in [-0.3, -0.25) is 0 Å². The highest BCUT2D eigenvalue weighted by Crippen LogP contribution is 2.39. The third-order valence-electron chi connectivity index (χ3n) is 5.71. The molecule has 1 aliphatic rings. The molecule has 0 aromatic carbocycles. The van der Waals surface area contributed by atoms with Crippen molar-refractivity contribution in [2.24, 2.45) is 0 Å². The van der Waals surface area contributed by atoms with Crippen molar-refractivity contribution in [3.63, 3.8) is 0 Å². The summed E-state index contributed by atoms with van der Waals surface area (Å²) < 4.78 is 15.5. The zero-order valence-electron chi connectivity index (χ0n) is 16.5. The number of pyridine rings is 1. The van der Waals surface area contributed by atoms with Gasteiger partial charge < -0.3 is 34.4 Å². The van der Waals surface area contributed by atoms with Crippen LogP contribution in [0.4, 0.5) is 5.82 Å². The van der Waals surface area contributed by atoms with E-state index < -0.39 is 24.0 Å². The maximum Gasteiger partial charge on any atom is 0.164 e. The van der Waals surface area contributed by atoms with Gasteiger partial charge >= 0.3 is 0 Å². The number of hydrogen-bond donors (Lipinski definition) is 3. The van der Waals surface area contributed by atoms with Gasteiger partial charge in [0.1, 0.15) is 53.6 Å². The predicted octanol–water partition coefficient (Wildman–Crippen LogP) is 1.06. The molecule has 5 heterocycles. The molecule has 0 aliphatic carbocycles. The van der Waals surface area contributed by atoms with Crippen molar-refractivity contribution in [1.82, 2.24) is 23.9 Å². The Labute approximate surface area is 171 Å². The highest BCUT2D eigenvalue weighted by molar-refractivity contribution is 5.86. The minimum absolute atomic E-state index is 0.0484. The topological polar surface area (TPSA) is 133 Å². The van der Waals surface area contributed by atoms with Crippen molar-refractivity contribution in [2.45, 2.75) is 37.9 Å². The van der Waals surface area contributed by atoms with E-state index >= 15 is 0 Å². The zero-order valence-corrected chi connectivity index (χ0v) is 16.5. The molecule has 4 aromatic rings. The smallest absolute Gasteiger partial charge is 0.164 e. The number of nitrogen functional groups attached to an aromatic ring is 1. The molecule has 10 nitrogen and oxygen atoms in total. The van der Waals surface area contributed by atoms with Gasteiger partial charge in [0, 0.05) is 30.4 Å². The Balaban J connectivity index is 1.38. The van der Waals surface area contributed by atoms with Gasteiger partial charge in [-0.1, -0.05) is 0 Å². The summed E-state index contributed by atoms with van der Waals surface area (Å²) in [4.78, 5) is 12.5. The van der Waals surface area contributed by atoms with E-state index in [0.29, 0.717) is 22.6 Å². The van der Waals surface area contributed by atoms with E-state index in [0.717, 1.165) is 11.3 Å². The lowest BCUT2D eigenvalue weighted by molar-refractivity contribution is -0.0765. The fourth-order valence-corrected chi connectivity index (χ4v) is 3.83. The normalized spacial score (nSPS) is 26.6. The van der Waals surface area contributed by atoms with Crippen LogP contribution in [0.3, 0.4) is 0 Å². The summed E-state index contributed by atoms with van der Waals surface area (Å²) in [6.45, 7) is 3.55. The number of nitrogens with two attached hydrogens (primary N) is 1. The highest BCUT2D eigenvalue weighted by atomic mass is 16.6. The first kappa shape index (κ1) is 18.8. The number of aryl methyl sites for hydroxylation is 1. The minimum atomic E-state index is -1.53. The number of fused-ring (bicyclic) bond motifs is 2. The molecule has 0 bridgehead atoms. The number of ether oxygens (including phenoxy) is 2. The second-order valence-corrected chi connectivity index (χ2v) is 7.71. The van der Waals surface area contributed by atoms with Gasteiger partial charge in [-0.2, -0.15) is 0 Å². The number of rotatable bonds is 4. The molecular weight excluding hydrogens is 388 g/mol. The molecule has 0 spiro atoms. The average Bonchev–Trinajstić information content (AvgIpc) is 3.37. The first-order valence-electron chi connectivity index (χ1n) is 9.55. The van der Waals surface area contributed by atoms with Gasteiger partial charge in [-0.25, -0.2) is 15.0 Å². The van der Waals surface area contributed by atoms with Crippen molar-refractivity contribution < 1.29 is 19.7 Å². The van der Waals surface area contributed by atoms with Gasteiger partial charge in [-0.15, -0.1) is 0 Å². The quantitative estimate of drug-likeness (QED) is 0.455. The Kier molecular flexibility index (Phi) is 4.17. The molecule has 0 saturated carbocycles. The molecule has 0 amide bonds. The minimum Gasteiger partial charge on any atom is -0.491 e. The molecule has 1 aliphatic heterocycles. The molecule has 156 valence electrons. The molecule has 1 saturated heterocycles. The third-order valence-corrected chi connectivity index (χ3v) is 5.71. The lowest BCUT2D eigenvalue weighted by Gasteiger charge is -2.26. The van der Waals surface area contributed by atoms with Crippen LogP contribution in [-0.4, -0.2) is 58.5 Å². The Bertz CT molecular complexity index is 1230. The first-order valence-corrected chi connectivity index (χ1v) is 9.55. The van der Waals surface area contributed by atoms with E-state index in [1.165, 1.54) is 13.3 Å². The standard InChI is InChI=1S/C20H22N6O4/c1-11-8-22-15-7-12(3-5-25(11)15)29-9-14-20(2,28)16(27)19(30-14)26-6-4-13-17(21)23-10-24-18(13)26/h3-8,10,14,16,19,27-28H,9H2,1-2H3,(H2,21,23,24)/t14-,16+,19-,20-/m1/s1. The van der Waals surface area contributed by atoms with Crippen molar-refractivity contribution >= 4 is 22.5 Å². The number of nitrogens with zero attached hydrogens (tertiary/aromatic N) is 5. The van der Waals surface area contributed by atoms with Crippen molar-refractivity contribution in [3.05, 3.63) is 48.8 Å². The van der Waals surface area contributed by atoms with Crippen LogP contribution in [0.25, 0.3) is 16.7 Å². The lowest BCUT2D eigenvalue weighted by atomic mass is 9.95. The van der Waals surface area contributed by atoms with Crippen LogP contribution in [0.2, 0.25) is 0 Å². The van der Waals surface area contributed by atoms with E-state index in [4.69, 9.17) is 15.2 Å². The van der Waals surface area contributed by atoms with Crippen LogP contribution >= 0.6 is 0 Å².